The van der Waals surface area contributed by atoms with Gasteiger partial charge in [0.25, 0.3) is 0 Å². The standard InChI is InChI=1S/C22H20N4O/c27-22(23-19-11-5-2-6-12-19)16-26-13-7-10-18(15-26)21-14-20(24-25-21)17-8-3-1-4-9-17/h1-9,11-15H,10,16H2,(H,23,27)(H,24,25). The Morgan fingerprint density at radius 2 is 1.81 bits per heavy atom. The predicted molar refractivity (Wildman–Crippen MR) is 108 cm³/mol. The molecule has 0 spiro atoms. The monoisotopic (exact) mass is 356 g/mol. The maximum absolute atomic E-state index is 12.3. The van der Waals surface area contributed by atoms with Gasteiger partial charge in [-0.3, -0.25) is 9.89 Å². The molecule has 5 heteroatoms. The van der Waals surface area contributed by atoms with Crippen molar-refractivity contribution in [2.24, 2.45) is 0 Å². The fourth-order valence-electron chi connectivity index (χ4n) is 3.02. The average molecular weight is 356 g/mol. The molecule has 27 heavy (non-hydrogen) atoms. The Morgan fingerprint density at radius 1 is 1.07 bits per heavy atom. The molecule has 1 aromatic heterocycles. The molecule has 0 saturated heterocycles. The molecular formula is C22H20N4O. The summed E-state index contributed by atoms with van der Waals surface area (Å²) in [5.74, 6) is -0.0599. The van der Waals surface area contributed by atoms with Gasteiger partial charge < -0.3 is 10.2 Å². The summed E-state index contributed by atoms with van der Waals surface area (Å²) in [5, 5.41) is 10.4. The minimum atomic E-state index is -0.0599. The van der Waals surface area contributed by atoms with Crippen LogP contribution < -0.4 is 5.32 Å². The highest BCUT2D eigenvalue weighted by molar-refractivity contribution is 5.92. The van der Waals surface area contributed by atoms with Gasteiger partial charge in [-0.1, -0.05) is 54.6 Å². The van der Waals surface area contributed by atoms with E-state index in [1.54, 1.807) is 0 Å². The second-order valence-electron chi connectivity index (χ2n) is 6.36. The summed E-state index contributed by atoms with van der Waals surface area (Å²) in [6.45, 7) is 0.255. The number of H-pyrrole nitrogens is 1. The van der Waals surface area contributed by atoms with Crippen molar-refractivity contribution in [3.8, 4) is 11.3 Å². The first kappa shape index (κ1) is 16.8. The zero-order chi connectivity index (χ0) is 18.5. The highest BCUT2D eigenvalue weighted by Gasteiger charge is 2.14. The predicted octanol–water partition coefficient (Wildman–Crippen LogP) is 4.28. The highest BCUT2D eigenvalue weighted by atomic mass is 16.2. The largest absolute Gasteiger partial charge is 0.345 e. The molecule has 0 fully saturated rings. The summed E-state index contributed by atoms with van der Waals surface area (Å²) in [7, 11) is 0. The van der Waals surface area contributed by atoms with E-state index in [-0.39, 0.29) is 12.5 Å². The maximum Gasteiger partial charge on any atom is 0.244 e. The van der Waals surface area contributed by atoms with E-state index >= 15 is 0 Å². The van der Waals surface area contributed by atoms with E-state index in [0.29, 0.717) is 0 Å². The smallest absolute Gasteiger partial charge is 0.244 e. The van der Waals surface area contributed by atoms with E-state index in [4.69, 9.17) is 0 Å². The summed E-state index contributed by atoms with van der Waals surface area (Å²) in [5.41, 5.74) is 4.85. The van der Waals surface area contributed by atoms with Crippen LogP contribution in [-0.4, -0.2) is 27.5 Å². The van der Waals surface area contributed by atoms with Crippen molar-refractivity contribution < 1.29 is 4.79 Å². The lowest BCUT2D eigenvalue weighted by molar-refractivity contribution is -0.116. The van der Waals surface area contributed by atoms with Crippen LogP contribution in [-0.2, 0) is 4.79 Å². The number of aromatic amines is 1. The van der Waals surface area contributed by atoms with Gasteiger partial charge >= 0.3 is 0 Å². The van der Waals surface area contributed by atoms with Crippen molar-refractivity contribution in [2.75, 3.05) is 11.9 Å². The lowest BCUT2D eigenvalue weighted by atomic mass is 10.1. The number of hydrogen-bond donors (Lipinski definition) is 2. The van der Waals surface area contributed by atoms with Crippen LogP contribution in [0.15, 0.2) is 85.2 Å². The molecule has 0 radical (unpaired) electrons. The number of para-hydroxylation sites is 1. The summed E-state index contributed by atoms with van der Waals surface area (Å²) in [6, 6.07) is 21.6. The van der Waals surface area contributed by atoms with E-state index in [2.05, 4.69) is 15.5 Å². The maximum atomic E-state index is 12.3. The molecule has 1 amide bonds. The van der Waals surface area contributed by atoms with Crippen LogP contribution >= 0.6 is 0 Å². The Hall–Kier alpha value is -3.60. The Bertz CT molecular complexity index is 974. The molecule has 2 N–H and O–H groups in total. The molecule has 4 rings (SSSR count). The number of amides is 1. The fraction of sp³-hybridized carbons (Fsp3) is 0.0909. The SMILES string of the molecule is O=C(CN1C=CCC(c2cc(-c3ccccc3)[nH]n2)=C1)Nc1ccccc1. The number of rotatable bonds is 5. The molecule has 0 saturated carbocycles. The molecule has 3 aromatic rings. The molecule has 2 heterocycles. The van der Waals surface area contributed by atoms with Gasteiger partial charge in [-0.2, -0.15) is 5.10 Å². The number of nitrogens with one attached hydrogen (secondary N) is 2. The zero-order valence-electron chi connectivity index (χ0n) is 14.8. The van der Waals surface area contributed by atoms with Crippen LogP contribution in [0.5, 0.6) is 0 Å². The van der Waals surface area contributed by atoms with Gasteiger partial charge in [0.2, 0.25) is 5.91 Å². The van der Waals surface area contributed by atoms with Crippen molar-refractivity contribution in [1.29, 1.82) is 0 Å². The fourth-order valence-corrected chi connectivity index (χ4v) is 3.02. The first-order valence-corrected chi connectivity index (χ1v) is 8.87. The molecule has 0 atom stereocenters. The molecule has 0 unspecified atom stereocenters. The van der Waals surface area contributed by atoms with E-state index in [0.717, 1.165) is 34.6 Å². The van der Waals surface area contributed by atoms with Crippen LogP contribution in [0.3, 0.4) is 0 Å². The van der Waals surface area contributed by atoms with E-state index in [1.807, 2.05) is 90.1 Å². The summed E-state index contributed by atoms with van der Waals surface area (Å²) in [6.07, 6.45) is 6.74. The number of anilines is 1. The van der Waals surface area contributed by atoms with Crippen molar-refractivity contribution in [3.63, 3.8) is 0 Å². The van der Waals surface area contributed by atoms with Crippen LogP contribution in [0.2, 0.25) is 0 Å². The molecular weight excluding hydrogens is 336 g/mol. The normalized spacial score (nSPS) is 13.3. The highest BCUT2D eigenvalue weighted by Crippen LogP contribution is 2.25. The lowest BCUT2D eigenvalue weighted by Gasteiger charge is -2.20. The van der Waals surface area contributed by atoms with Gasteiger partial charge in [-0.15, -0.1) is 0 Å². The summed E-state index contributed by atoms with van der Waals surface area (Å²) in [4.78, 5) is 14.2. The molecule has 1 aliphatic heterocycles. The summed E-state index contributed by atoms with van der Waals surface area (Å²) >= 11 is 0. The molecule has 2 aromatic carbocycles. The first-order valence-electron chi connectivity index (χ1n) is 8.87. The Morgan fingerprint density at radius 3 is 2.59 bits per heavy atom. The van der Waals surface area contributed by atoms with Gasteiger partial charge in [0.05, 0.1) is 11.4 Å². The van der Waals surface area contributed by atoms with E-state index < -0.39 is 0 Å². The van der Waals surface area contributed by atoms with Crippen LogP contribution in [0.1, 0.15) is 12.1 Å². The average Bonchev–Trinajstić information content (AvgIpc) is 3.20. The van der Waals surface area contributed by atoms with Gasteiger partial charge in [0.15, 0.2) is 0 Å². The van der Waals surface area contributed by atoms with Crippen LogP contribution in [0, 0.1) is 0 Å². The van der Waals surface area contributed by atoms with Crippen LogP contribution in [0.4, 0.5) is 5.69 Å². The Labute approximate surface area is 158 Å². The minimum absolute atomic E-state index is 0.0599. The number of benzene rings is 2. The second-order valence-corrected chi connectivity index (χ2v) is 6.36. The topological polar surface area (TPSA) is 61.0 Å². The first-order chi connectivity index (χ1) is 13.3. The molecule has 0 bridgehead atoms. The Balaban J connectivity index is 1.44. The Kier molecular flexibility index (Phi) is 4.83. The van der Waals surface area contributed by atoms with E-state index in [1.165, 1.54) is 0 Å². The van der Waals surface area contributed by atoms with Crippen molar-refractivity contribution in [1.82, 2.24) is 15.1 Å². The minimum Gasteiger partial charge on any atom is -0.345 e. The molecule has 5 nitrogen and oxygen atoms in total. The van der Waals surface area contributed by atoms with Crippen molar-refractivity contribution >= 4 is 17.2 Å². The van der Waals surface area contributed by atoms with Crippen molar-refractivity contribution in [2.45, 2.75) is 6.42 Å². The van der Waals surface area contributed by atoms with Gasteiger partial charge in [0.1, 0.15) is 6.54 Å². The number of hydrogen-bond acceptors (Lipinski definition) is 3. The zero-order valence-corrected chi connectivity index (χ0v) is 14.8. The third-order valence-electron chi connectivity index (χ3n) is 4.33. The quantitative estimate of drug-likeness (QED) is 0.717. The second kappa shape index (κ2) is 7.74. The summed E-state index contributed by atoms with van der Waals surface area (Å²) < 4.78 is 0. The number of nitrogens with zero attached hydrogens (tertiary/aromatic N) is 2. The van der Waals surface area contributed by atoms with Crippen molar-refractivity contribution in [3.05, 3.63) is 90.9 Å². The third-order valence-corrected chi connectivity index (χ3v) is 4.33. The van der Waals surface area contributed by atoms with Crippen LogP contribution in [0.25, 0.3) is 16.8 Å². The van der Waals surface area contributed by atoms with Gasteiger partial charge in [0, 0.05) is 18.1 Å². The molecule has 1 aliphatic rings. The number of carbonyl (C=O) groups is 1. The van der Waals surface area contributed by atoms with Gasteiger partial charge in [-0.05, 0) is 35.8 Å². The van der Waals surface area contributed by atoms with Gasteiger partial charge in [-0.25, -0.2) is 0 Å². The number of allylic oxidation sites excluding steroid dienone is 2. The molecule has 134 valence electrons. The number of carbonyl (C=O) groups excluding carboxylic acids is 1. The lowest BCUT2D eigenvalue weighted by Crippen LogP contribution is -2.27. The van der Waals surface area contributed by atoms with E-state index in [9.17, 15) is 4.79 Å². The number of aromatic nitrogens is 2. The molecule has 0 aliphatic carbocycles. The third kappa shape index (κ3) is 4.15.